The van der Waals surface area contributed by atoms with Gasteiger partial charge in [0.25, 0.3) is 0 Å². The van der Waals surface area contributed by atoms with Gasteiger partial charge >= 0.3 is 0 Å². The van der Waals surface area contributed by atoms with Crippen LogP contribution in [-0.2, 0) is 4.74 Å². The summed E-state index contributed by atoms with van der Waals surface area (Å²) in [5, 5.41) is 12.0. The fourth-order valence-electron chi connectivity index (χ4n) is 1.34. The number of aliphatic hydroxyl groups excluding tert-OH is 1. The minimum atomic E-state index is -0.271. The molecule has 0 aromatic rings. The topological polar surface area (TPSA) is 41.5 Å². The molecule has 3 heteroatoms. The highest BCUT2D eigenvalue weighted by Crippen LogP contribution is 2.19. The average Bonchev–Trinajstić information content (AvgIpc) is 2.05. The second kappa shape index (κ2) is 2.49. The van der Waals surface area contributed by atoms with Crippen LogP contribution in [0.2, 0.25) is 0 Å². The first-order valence-electron chi connectivity index (χ1n) is 3.61. The largest absolute Gasteiger partial charge is 0.395 e. The Morgan fingerprint density at radius 1 is 1.60 bits per heavy atom. The van der Waals surface area contributed by atoms with Crippen molar-refractivity contribution in [3.63, 3.8) is 0 Å². The average molecular weight is 145 g/mol. The van der Waals surface area contributed by atoms with Gasteiger partial charge in [-0.25, -0.2) is 0 Å². The SMILES string of the molecule is C[C@@H]1OC(C)(C)N[C@H]1CO. The van der Waals surface area contributed by atoms with Gasteiger partial charge < -0.3 is 9.84 Å². The molecule has 1 aliphatic rings. The maximum atomic E-state index is 8.83. The van der Waals surface area contributed by atoms with E-state index >= 15 is 0 Å². The van der Waals surface area contributed by atoms with Gasteiger partial charge in [-0.15, -0.1) is 0 Å². The molecule has 1 aliphatic heterocycles. The normalized spacial score (nSPS) is 38.4. The molecule has 0 amide bonds. The van der Waals surface area contributed by atoms with Crippen molar-refractivity contribution in [1.82, 2.24) is 5.32 Å². The summed E-state index contributed by atoms with van der Waals surface area (Å²) in [5.41, 5.74) is -0.271. The summed E-state index contributed by atoms with van der Waals surface area (Å²) >= 11 is 0. The van der Waals surface area contributed by atoms with Crippen molar-refractivity contribution >= 4 is 0 Å². The first kappa shape index (κ1) is 7.98. The molecule has 2 atom stereocenters. The summed E-state index contributed by atoms with van der Waals surface area (Å²) in [5.74, 6) is 0. The van der Waals surface area contributed by atoms with Crippen LogP contribution in [0, 0.1) is 0 Å². The molecule has 0 aromatic carbocycles. The Balaban J connectivity index is 2.52. The molecule has 1 saturated heterocycles. The first-order valence-corrected chi connectivity index (χ1v) is 3.61. The first-order chi connectivity index (χ1) is 4.55. The fraction of sp³-hybridized carbons (Fsp3) is 1.00. The van der Waals surface area contributed by atoms with Crippen LogP contribution in [0.25, 0.3) is 0 Å². The Kier molecular flexibility index (Phi) is 1.99. The highest BCUT2D eigenvalue weighted by atomic mass is 16.5. The number of hydrogen-bond donors (Lipinski definition) is 2. The van der Waals surface area contributed by atoms with Crippen LogP contribution in [-0.4, -0.2) is 29.6 Å². The van der Waals surface area contributed by atoms with Crippen molar-refractivity contribution < 1.29 is 9.84 Å². The predicted octanol–water partition coefficient (Wildman–Crippen LogP) is 0.0917. The van der Waals surface area contributed by atoms with Gasteiger partial charge in [-0.1, -0.05) is 0 Å². The van der Waals surface area contributed by atoms with Crippen molar-refractivity contribution in [1.29, 1.82) is 0 Å². The van der Waals surface area contributed by atoms with E-state index in [-0.39, 0.29) is 24.5 Å². The lowest BCUT2D eigenvalue weighted by Crippen LogP contribution is -2.40. The van der Waals surface area contributed by atoms with E-state index < -0.39 is 0 Å². The lowest BCUT2D eigenvalue weighted by Gasteiger charge is -2.17. The molecule has 1 fully saturated rings. The van der Waals surface area contributed by atoms with Crippen LogP contribution in [0.1, 0.15) is 20.8 Å². The molecule has 0 aromatic heterocycles. The zero-order chi connectivity index (χ0) is 7.78. The predicted molar refractivity (Wildman–Crippen MR) is 38.6 cm³/mol. The molecule has 1 heterocycles. The van der Waals surface area contributed by atoms with Crippen LogP contribution in [0.15, 0.2) is 0 Å². The molecular formula is C7H15NO2. The van der Waals surface area contributed by atoms with Crippen LogP contribution in [0.3, 0.4) is 0 Å². The molecule has 2 N–H and O–H groups in total. The molecule has 0 unspecified atom stereocenters. The Labute approximate surface area is 61.4 Å². The van der Waals surface area contributed by atoms with Gasteiger partial charge in [0, 0.05) is 0 Å². The molecule has 3 nitrogen and oxygen atoms in total. The van der Waals surface area contributed by atoms with Gasteiger partial charge in [0.1, 0.15) is 5.72 Å². The molecular weight excluding hydrogens is 130 g/mol. The molecule has 10 heavy (non-hydrogen) atoms. The van der Waals surface area contributed by atoms with Crippen LogP contribution in [0.4, 0.5) is 0 Å². The molecule has 60 valence electrons. The van der Waals surface area contributed by atoms with E-state index in [0.29, 0.717) is 0 Å². The summed E-state index contributed by atoms with van der Waals surface area (Å²) in [6.07, 6.45) is 0.111. The van der Waals surface area contributed by atoms with E-state index in [0.717, 1.165) is 0 Å². The third-order valence-corrected chi connectivity index (χ3v) is 1.78. The zero-order valence-corrected chi connectivity index (χ0v) is 6.72. The lowest BCUT2D eigenvalue weighted by molar-refractivity contribution is -0.0180. The smallest absolute Gasteiger partial charge is 0.114 e. The Hall–Kier alpha value is -0.120. The lowest BCUT2D eigenvalue weighted by atomic mass is 10.2. The van der Waals surface area contributed by atoms with Crippen LogP contribution in [0.5, 0.6) is 0 Å². The second-order valence-corrected chi connectivity index (χ2v) is 3.27. The van der Waals surface area contributed by atoms with E-state index in [1.165, 1.54) is 0 Å². The monoisotopic (exact) mass is 145 g/mol. The zero-order valence-electron chi connectivity index (χ0n) is 6.72. The number of aliphatic hydroxyl groups is 1. The Morgan fingerprint density at radius 3 is 2.40 bits per heavy atom. The summed E-state index contributed by atoms with van der Waals surface area (Å²) < 4.78 is 5.48. The number of ether oxygens (including phenoxy) is 1. The van der Waals surface area contributed by atoms with Gasteiger partial charge in [0.05, 0.1) is 18.8 Å². The number of rotatable bonds is 1. The van der Waals surface area contributed by atoms with Gasteiger partial charge in [0.2, 0.25) is 0 Å². The van der Waals surface area contributed by atoms with E-state index in [2.05, 4.69) is 5.32 Å². The van der Waals surface area contributed by atoms with E-state index in [9.17, 15) is 0 Å². The van der Waals surface area contributed by atoms with Crippen LogP contribution < -0.4 is 5.32 Å². The van der Waals surface area contributed by atoms with Gasteiger partial charge in [-0.3, -0.25) is 5.32 Å². The van der Waals surface area contributed by atoms with Crippen molar-refractivity contribution in [2.45, 2.75) is 38.6 Å². The summed E-state index contributed by atoms with van der Waals surface area (Å²) in [4.78, 5) is 0. The molecule has 0 saturated carbocycles. The summed E-state index contributed by atoms with van der Waals surface area (Å²) in [6, 6.07) is 0.0926. The molecule has 0 spiro atoms. The van der Waals surface area contributed by atoms with Crippen molar-refractivity contribution in [2.24, 2.45) is 0 Å². The Bertz CT molecular complexity index is 125. The minimum Gasteiger partial charge on any atom is -0.395 e. The van der Waals surface area contributed by atoms with Gasteiger partial charge in [-0.2, -0.15) is 0 Å². The molecule has 1 rings (SSSR count). The maximum Gasteiger partial charge on any atom is 0.114 e. The fourth-order valence-corrected chi connectivity index (χ4v) is 1.34. The van der Waals surface area contributed by atoms with E-state index in [4.69, 9.17) is 9.84 Å². The highest BCUT2D eigenvalue weighted by Gasteiger charge is 2.35. The van der Waals surface area contributed by atoms with Crippen LogP contribution >= 0.6 is 0 Å². The molecule has 0 aliphatic carbocycles. The second-order valence-electron chi connectivity index (χ2n) is 3.27. The Morgan fingerprint density at radius 2 is 2.20 bits per heavy atom. The number of nitrogens with one attached hydrogen (secondary N) is 1. The quantitative estimate of drug-likeness (QED) is 0.549. The van der Waals surface area contributed by atoms with E-state index in [1.807, 2.05) is 20.8 Å². The molecule has 0 radical (unpaired) electrons. The molecule has 0 bridgehead atoms. The highest BCUT2D eigenvalue weighted by molar-refractivity contribution is 4.86. The standard InChI is InChI=1S/C7H15NO2/c1-5-6(4-9)8-7(2,3)10-5/h5-6,8-9H,4H2,1-3H3/t5-,6-/m0/s1. The van der Waals surface area contributed by atoms with Gasteiger partial charge in [0.15, 0.2) is 0 Å². The third-order valence-electron chi connectivity index (χ3n) is 1.78. The van der Waals surface area contributed by atoms with Crippen molar-refractivity contribution in [3.8, 4) is 0 Å². The van der Waals surface area contributed by atoms with E-state index in [1.54, 1.807) is 0 Å². The summed E-state index contributed by atoms with van der Waals surface area (Å²) in [7, 11) is 0. The summed E-state index contributed by atoms with van der Waals surface area (Å²) in [6.45, 7) is 6.02. The number of hydrogen-bond acceptors (Lipinski definition) is 3. The van der Waals surface area contributed by atoms with Crippen molar-refractivity contribution in [3.05, 3.63) is 0 Å². The third kappa shape index (κ3) is 1.48. The van der Waals surface area contributed by atoms with Gasteiger partial charge in [-0.05, 0) is 20.8 Å². The minimum absolute atomic E-state index is 0.0926. The maximum absolute atomic E-state index is 8.83. The van der Waals surface area contributed by atoms with Crippen molar-refractivity contribution in [2.75, 3.05) is 6.61 Å².